The Labute approximate surface area is 144 Å². The highest BCUT2D eigenvalue weighted by atomic mass is 16.5. The van der Waals surface area contributed by atoms with Gasteiger partial charge in [0.1, 0.15) is 5.75 Å². The van der Waals surface area contributed by atoms with Crippen LogP contribution in [-0.2, 0) is 6.54 Å². The van der Waals surface area contributed by atoms with Crippen molar-refractivity contribution in [3.8, 4) is 5.75 Å². The molecule has 4 heteroatoms. The summed E-state index contributed by atoms with van der Waals surface area (Å²) in [7, 11) is 3.44. The summed E-state index contributed by atoms with van der Waals surface area (Å²) in [5.74, 6) is 1.17. The van der Waals surface area contributed by atoms with Crippen LogP contribution >= 0.6 is 0 Å². The minimum absolute atomic E-state index is 0.109. The molecule has 0 atom stereocenters. The SMILES string of the molecule is COc1ccc(CN(C)C(=O)Nc2c(C)cccc2C(C)C)cc1. The maximum absolute atomic E-state index is 12.6. The van der Waals surface area contributed by atoms with Crippen LogP contribution in [0.1, 0.15) is 36.5 Å². The summed E-state index contributed by atoms with van der Waals surface area (Å²) in [4.78, 5) is 14.2. The van der Waals surface area contributed by atoms with Crippen molar-refractivity contribution in [2.45, 2.75) is 33.2 Å². The van der Waals surface area contributed by atoms with Gasteiger partial charge in [-0.15, -0.1) is 0 Å². The van der Waals surface area contributed by atoms with E-state index in [2.05, 4.69) is 25.2 Å². The third-order valence-electron chi connectivity index (χ3n) is 4.08. The standard InChI is InChI=1S/C20H26N2O2/c1-14(2)18-8-6-7-15(3)19(18)21-20(23)22(4)13-16-9-11-17(24-5)12-10-16/h6-12,14H,13H2,1-5H3,(H,21,23). The Morgan fingerprint density at radius 2 is 1.83 bits per heavy atom. The van der Waals surface area contributed by atoms with Crippen LogP contribution in [-0.4, -0.2) is 25.1 Å². The van der Waals surface area contributed by atoms with E-state index in [0.29, 0.717) is 12.5 Å². The van der Waals surface area contributed by atoms with Gasteiger partial charge in [-0.3, -0.25) is 0 Å². The Hall–Kier alpha value is -2.49. The molecule has 0 radical (unpaired) electrons. The van der Waals surface area contributed by atoms with Gasteiger partial charge in [-0.25, -0.2) is 4.79 Å². The summed E-state index contributed by atoms with van der Waals surface area (Å²) in [6, 6.07) is 13.7. The van der Waals surface area contributed by atoms with E-state index in [4.69, 9.17) is 4.74 Å². The summed E-state index contributed by atoms with van der Waals surface area (Å²) in [5, 5.41) is 3.07. The van der Waals surface area contributed by atoms with Crippen molar-refractivity contribution in [1.29, 1.82) is 0 Å². The predicted octanol–water partition coefficient (Wildman–Crippen LogP) is 4.79. The number of methoxy groups -OCH3 is 1. The van der Waals surface area contributed by atoms with Crippen LogP contribution in [0.2, 0.25) is 0 Å². The number of hydrogen-bond donors (Lipinski definition) is 1. The van der Waals surface area contributed by atoms with Gasteiger partial charge in [-0.2, -0.15) is 0 Å². The fourth-order valence-electron chi connectivity index (χ4n) is 2.62. The lowest BCUT2D eigenvalue weighted by Gasteiger charge is -2.21. The van der Waals surface area contributed by atoms with Crippen LogP contribution in [0.15, 0.2) is 42.5 Å². The third-order valence-corrected chi connectivity index (χ3v) is 4.08. The van der Waals surface area contributed by atoms with Crippen LogP contribution in [0.5, 0.6) is 5.75 Å². The van der Waals surface area contributed by atoms with Crippen molar-refractivity contribution in [1.82, 2.24) is 4.90 Å². The van der Waals surface area contributed by atoms with Gasteiger partial charge in [0.2, 0.25) is 0 Å². The molecular weight excluding hydrogens is 300 g/mol. The number of carbonyl (C=O) groups excluding carboxylic acids is 1. The largest absolute Gasteiger partial charge is 0.497 e. The van der Waals surface area contributed by atoms with Crippen molar-refractivity contribution < 1.29 is 9.53 Å². The normalized spacial score (nSPS) is 10.6. The maximum Gasteiger partial charge on any atom is 0.321 e. The Morgan fingerprint density at radius 3 is 2.42 bits per heavy atom. The second-order valence-electron chi connectivity index (χ2n) is 6.33. The second kappa shape index (κ2) is 7.86. The first-order valence-electron chi connectivity index (χ1n) is 8.17. The molecule has 2 aromatic carbocycles. The molecule has 0 aliphatic heterocycles. The van der Waals surface area contributed by atoms with E-state index in [1.807, 2.05) is 43.3 Å². The fourth-order valence-corrected chi connectivity index (χ4v) is 2.62. The molecule has 128 valence electrons. The summed E-state index contributed by atoms with van der Waals surface area (Å²) in [6.07, 6.45) is 0. The van der Waals surface area contributed by atoms with Crippen LogP contribution in [0, 0.1) is 6.92 Å². The number of aryl methyl sites for hydroxylation is 1. The number of nitrogens with zero attached hydrogens (tertiary/aromatic N) is 1. The topological polar surface area (TPSA) is 41.6 Å². The number of nitrogens with one attached hydrogen (secondary N) is 1. The van der Waals surface area contributed by atoms with Crippen molar-refractivity contribution in [3.05, 3.63) is 59.2 Å². The number of para-hydroxylation sites is 1. The highest BCUT2D eigenvalue weighted by Crippen LogP contribution is 2.27. The average Bonchev–Trinajstić information content (AvgIpc) is 2.57. The third kappa shape index (κ3) is 4.28. The maximum atomic E-state index is 12.6. The molecule has 0 saturated heterocycles. The molecule has 2 rings (SSSR count). The summed E-state index contributed by atoms with van der Waals surface area (Å²) in [6.45, 7) is 6.82. The second-order valence-corrected chi connectivity index (χ2v) is 6.33. The van der Waals surface area contributed by atoms with Crippen molar-refractivity contribution in [2.75, 3.05) is 19.5 Å². The van der Waals surface area contributed by atoms with Crippen LogP contribution < -0.4 is 10.1 Å². The van der Waals surface area contributed by atoms with Gasteiger partial charge in [0.05, 0.1) is 7.11 Å². The van der Waals surface area contributed by atoms with Crippen molar-refractivity contribution in [2.24, 2.45) is 0 Å². The van der Waals surface area contributed by atoms with E-state index < -0.39 is 0 Å². The lowest BCUT2D eigenvalue weighted by Crippen LogP contribution is -2.31. The van der Waals surface area contributed by atoms with Crippen LogP contribution in [0.4, 0.5) is 10.5 Å². The van der Waals surface area contributed by atoms with Gasteiger partial charge < -0.3 is 15.0 Å². The van der Waals surface area contributed by atoms with Gasteiger partial charge in [0.15, 0.2) is 0 Å². The molecule has 0 aromatic heterocycles. The molecule has 2 amide bonds. The number of urea groups is 1. The van der Waals surface area contributed by atoms with Gasteiger partial charge in [0, 0.05) is 19.3 Å². The van der Waals surface area contributed by atoms with E-state index in [1.54, 1.807) is 19.1 Å². The monoisotopic (exact) mass is 326 g/mol. The molecule has 0 aliphatic carbocycles. The Morgan fingerprint density at radius 1 is 1.17 bits per heavy atom. The minimum atomic E-state index is -0.109. The average molecular weight is 326 g/mol. The summed E-state index contributed by atoms with van der Waals surface area (Å²) in [5.41, 5.74) is 4.20. The van der Waals surface area contributed by atoms with E-state index in [-0.39, 0.29) is 6.03 Å². The highest BCUT2D eigenvalue weighted by molar-refractivity contribution is 5.91. The Balaban J connectivity index is 2.09. The Bertz CT molecular complexity index is 693. The van der Waals surface area contributed by atoms with Crippen molar-refractivity contribution >= 4 is 11.7 Å². The summed E-state index contributed by atoms with van der Waals surface area (Å²) >= 11 is 0. The first-order valence-corrected chi connectivity index (χ1v) is 8.17. The molecule has 0 aliphatic rings. The molecule has 0 saturated carbocycles. The molecule has 0 unspecified atom stereocenters. The number of rotatable bonds is 5. The zero-order chi connectivity index (χ0) is 17.7. The number of benzene rings is 2. The van der Waals surface area contributed by atoms with Crippen molar-refractivity contribution in [3.63, 3.8) is 0 Å². The molecule has 24 heavy (non-hydrogen) atoms. The molecular formula is C20H26N2O2. The first kappa shape index (κ1) is 17.9. The minimum Gasteiger partial charge on any atom is -0.497 e. The van der Waals surface area contributed by atoms with Crippen LogP contribution in [0.25, 0.3) is 0 Å². The van der Waals surface area contributed by atoms with Gasteiger partial charge in [-0.1, -0.05) is 44.2 Å². The number of hydrogen-bond acceptors (Lipinski definition) is 2. The smallest absolute Gasteiger partial charge is 0.321 e. The van der Waals surface area contributed by atoms with E-state index in [1.165, 1.54) is 0 Å². The number of amides is 2. The highest BCUT2D eigenvalue weighted by Gasteiger charge is 2.15. The van der Waals surface area contributed by atoms with E-state index >= 15 is 0 Å². The molecule has 1 N–H and O–H groups in total. The van der Waals surface area contributed by atoms with E-state index in [0.717, 1.165) is 28.1 Å². The zero-order valence-electron chi connectivity index (χ0n) is 15.1. The van der Waals surface area contributed by atoms with Crippen LogP contribution in [0.3, 0.4) is 0 Å². The van der Waals surface area contributed by atoms with E-state index in [9.17, 15) is 4.79 Å². The molecule has 0 heterocycles. The quantitative estimate of drug-likeness (QED) is 0.858. The predicted molar refractivity (Wildman–Crippen MR) is 98.7 cm³/mol. The molecule has 0 bridgehead atoms. The Kier molecular flexibility index (Phi) is 5.85. The van der Waals surface area contributed by atoms with Gasteiger partial charge in [-0.05, 0) is 41.7 Å². The number of ether oxygens (including phenoxy) is 1. The molecule has 2 aromatic rings. The zero-order valence-corrected chi connectivity index (χ0v) is 15.1. The molecule has 4 nitrogen and oxygen atoms in total. The van der Waals surface area contributed by atoms with Gasteiger partial charge >= 0.3 is 6.03 Å². The lowest BCUT2D eigenvalue weighted by atomic mass is 9.98. The number of anilines is 1. The fraction of sp³-hybridized carbons (Fsp3) is 0.350. The molecule has 0 spiro atoms. The molecule has 0 fully saturated rings. The van der Waals surface area contributed by atoms with Gasteiger partial charge in [0.25, 0.3) is 0 Å². The first-order chi connectivity index (χ1) is 11.4. The lowest BCUT2D eigenvalue weighted by molar-refractivity contribution is 0.220. The number of carbonyl (C=O) groups is 1. The summed E-state index contributed by atoms with van der Waals surface area (Å²) < 4.78 is 5.16.